The highest BCUT2D eigenvalue weighted by molar-refractivity contribution is 5.87. The monoisotopic (exact) mass is 399 g/mol. The van der Waals surface area contributed by atoms with Gasteiger partial charge in [0.05, 0.1) is 11.5 Å². The minimum atomic E-state index is -0.875. The lowest BCUT2D eigenvalue weighted by molar-refractivity contribution is -0.136. The first-order valence-electron chi connectivity index (χ1n) is 11.2. The number of nitrogens with zero attached hydrogens (tertiary/aromatic N) is 3. The molecule has 6 nitrogen and oxygen atoms in total. The SMILES string of the molecule is O=C(O)c1ccc(CN2CCC(N3CCC[C@H](C(=O)N4CCCC4)C3)CC2)cc1. The van der Waals surface area contributed by atoms with Crippen LogP contribution in [0.15, 0.2) is 24.3 Å². The number of piperidine rings is 2. The van der Waals surface area contributed by atoms with Crippen LogP contribution in [-0.2, 0) is 11.3 Å². The molecule has 3 aliphatic rings. The second-order valence-corrected chi connectivity index (χ2v) is 8.88. The molecule has 3 fully saturated rings. The topological polar surface area (TPSA) is 64.1 Å². The van der Waals surface area contributed by atoms with Gasteiger partial charge in [0.1, 0.15) is 0 Å². The number of likely N-dealkylation sites (tertiary alicyclic amines) is 3. The van der Waals surface area contributed by atoms with Gasteiger partial charge in [-0.2, -0.15) is 0 Å². The van der Waals surface area contributed by atoms with Gasteiger partial charge in [-0.1, -0.05) is 12.1 Å². The van der Waals surface area contributed by atoms with Crippen LogP contribution in [0.2, 0.25) is 0 Å². The number of rotatable bonds is 5. The summed E-state index contributed by atoms with van der Waals surface area (Å²) in [5, 5.41) is 9.03. The first kappa shape index (κ1) is 20.4. The molecule has 3 aliphatic heterocycles. The van der Waals surface area contributed by atoms with Crippen molar-refractivity contribution in [1.29, 1.82) is 0 Å². The predicted molar refractivity (Wildman–Crippen MR) is 112 cm³/mol. The number of carboxylic acid groups (broad SMARTS) is 1. The lowest BCUT2D eigenvalue weighted by Gasteiger charge is -2.42. The molecule has 0 radical (unpaired) electrons. The molecule has 3 heterocycles. The summed E-state index contributed by atoms with van der Waals surface area (Å²) in [6.07, 6.45) is 6.83. The fourth-order valence-corrected chi connectivity index (χ4v) is 5.19. The third kappa shape index (κ3) is 4.98. The molecule has 0 spiro atoms. The lowest BCUT2D eigenvalue weighted by atomic mass is 9.93. The minimum Gasteiger partial charge on any atom is -0.478 e. The van der Waals surface area contributed by atoms with E-state index >= 15 is 0 Å². The Morgan fingerprint density at radius 3 is 2.24 bits per heavy atom. The van der Waals surface area contributed by atoms with Crippen LogP contribution in [0.4, 0.5) is 0 Å². The number of aromatic carboxylic acids is 1. The molecule has 0 unspecified atom stereocenters. The van der Waals surface area contributed by atoms with E-state index in [1.165, 1.54) is 18.4 Å². The van der Waals surface area contributed by atoms with Gasteiger partial charge in [-0.25, -0.2) is 4.79 Å². The Hall–Kier alpha value is -1.92. The second-order valence-electron chi connectivity index (χ2n) is 8.88. The van der Waals surface area contributed by atoms with E-state index in [1.807, 2.05) is 12.1 Å². The van der Waals surface area contributed by atoms with E-state index in [0.29, 0.717) is 17.5 Å². The third-order valence-corrected chi connectivity index (χ3v) is 6.90. The first-order chi connectivity index (χ1) is 14.1. The van der Waals surface area contributed by atoms with Crippen molar-refractivity contribution in [2.24, 2.45) is 5.92 Å². The molecule has 0 bridgehead atoms. The molecule has 1 aromatic carbocycles. The minimum absolute atomic E-state index is 0.202. The van der Waals surface area contributed by atoms with Gasteiger partial charge in [-0.15, -0.1) is 0 Å². The van der Waals surface area contributed by atoms with E-state index in [4.69, 9.17) is 5.11 Å². The highest BCUT2D eigenvalue weighted by atomic mass is 16.4. The fraction of sp³-hybridized carbons (Fsp3) is 0.652. The molecule has 1 atom stereocenters. The number of hydrogen-bond acceptors (Lipinski definition) is 4. The van der Waals surface area contributed by atoms with Gasteiger partial charge in [-0.05, 0) is 75.9 Å². The van der Waals surface area contributed by atoms with Crippen LogP contribution in [0.3, 0.4) is 0 Å². The van der Waals surface area contributed by atoms with Crippen molar-refractivity contribution in [3.63, 3.8) is 0 Å². The van der Waals surface area contributed by atoms with Crippen molar-refractivity contribution in [2.75, 3.05) is 39.3 Å². The number of carboxylic acids is 1. The van der Waals surface area contributed by atoms with Gasteiger partial charge in [0.25, 0.3) is 0 Å². The Bertz CT molecular complexity index is 707. The quantitative estimate of drug-likeness (QED) is 0.825. The first-order valence-corrected chi connectivity index (χ1v) is 11.2. The second kappa shape index (κ2) is 9.26. The maximum absolute atomic E-state index is 12.8. The van der Waals surface area contributed by atoms with Gasteiger partial charge in [0, 0.05) is 32.2 Å². The van der Waals surface area contributed by atoms with E-state index in [9.17, 15) is 9.59 Å². The van der Waals surface area contributed by atoms with Crippen LogP contribution in [-0.4, -0.2) is 77.0 Å². The molecule has 158 valence electrons. The largest absolute Gasteiger partial charge is 0.478 e. The van der Waals surface area contributed by atoms with E-state index in [0.717, 1.165) is 71.5 Å². The predicted octanol–water partition coefficient (Wildman–Crippen LogP) is 2.68. The highest BCUT2D eigenvalue weighted by Crippen LogP contribution is 2.26. The van der Waals surface area contributed by atoms with E-state index < -0.39 is 5.97 Å². The van der Waals surface area contributed by atoms with Crippen molar-refractivity contribution in [3.05, 3.63) is 35.4 Å². The Morgan fingerprint density at radius 2 is 1.59 bits per heavy atom. The van der Waals surface area contributed by atoms with Gasteiger partial charge >= 0.3 is 5.97 Å². The van der Waals surface area contributed by atoms with Crippen molar-refractivity contribution < 1.29 is 14.7 Å². The summed E-state index contributed by atoms with van der Waals surface area (Å²) >= 11 is 0. The van der Waals surface area contributed by atoms with Crippen LogP contribution in [0, 0.1) is 5.92 Å². The van der Waals surface area contributed by atoms with Gasteiger partial charge in [-0.3, -0.25) is 14.6 Å². The Labute approximate surface area is 173 Å². The van der Waals surface area contributed by atoms with E-state index in [-0.39, 0.29) is 5.92 Å². The number of amides is 1. The number of hydrogen-bond donors (Lipinski definition) is 1. The van der Waals surface area contributed by atoms with Crippen LogP contribution >= 0.6 is 0 Å². The average molecular weight is 400 g/mol. The van der Waals surface area contributed by atoms with Crippen molar-refractivity contribution in [2.45, 2.75) is 51.1 Å². The zero-order valence-corrected chi connectivity index (χ0v) is 17.3. The average Bonchev–Trinajstić information content (AvgIpc) is 3.29. The third-order valence-electron chi connectivity index (χ3n) is 6.90. The van der Waals surface area contributed by atoms with E-state index in [1.54, 1.807) is 12.1 Å². The molecule has 3 saturated heterocycles. The van der Waals surface area contributed by atoms with Crippen LogP contribution in [0.1, 0.15) is 54.4 Å². The van der Waals surface area contributed by atoms with Crippen molar-refractivity contribution in [3.8, 4) is 0 Å². The normalized spacial score (nSPS) is 24.7. The molecule has 29 heavy (non-hydrogen) atoms. The Balaban J connectivity index is 1.25. The molecule has 0 saturated carbocycles. The van der Waals surface area contributed by atoms with Gasteiger partial charge in [0.15, 0.2) is 0 Å². The molecule has 0 aliphatic carbocycles. The molecule has 1 N–H and O–H groups in total. The summed E-state index contributed by atoms with van der Waals surface area (Å²) in [6, 6.07) is 7.82. The Morgan fingerprint density at radius 1 is 0.897 bits per heavy atom. The van der Waals surface area contributed by atoms with Gasteiger partial charge in [0.2, 0.25) is 5.91 Å². The Kier molecular flexibility index (Phi) is 6.50. The summed E-state index contributed by atoms with van der Waals surface area (Å²) in [6.45, 7) is 6.99. The summed E-state index contributed by atoms with van der Waals surface area (Å²) in [5.74, 6) is -0.275. The number of carbonyl (C=O) groups excluding carboxylic acids is 1. The maximum Gasteiger partial charge on any atom is 0.335 e. The standard InChI is InChI=1S/C23H33N3O3/c27-22(25-11-1-2-12-25)20-4-3-13-26(17-20)21-9-14-24(15-10-21)16-18-5-7-19(8-6-18)23(28)29/h5-8,20-21H,1-4,9-17H2,(H,28,29)/t20-/m0/s1. The zero-order chi connectivity index (χ0) is 20.2. The summed E-state index contributed by atoms with van der Waals surface area (Å²) in [4.78, 5) is 30.9. The molecule has 6 heteroatoms. The van der Waals surface area contributed by atoms with Crippen LogP contribution in [0.25, 0.3) is 0 Å². The van der Waals surface area contributed by atoms with Crippen LogP contribution in [0.5, 0.6) is 0 Å². The maximum atomic E-state index is 12.8. The fourth-order valence-electron chi connectivity index (χ4n) is 5.19. The molecule has 4 rings (SSSR count). The van der Waals surface area contributed by atoms with Crippen LogP contribution < -0.4 is 0 Å². The highest BCUT2D eigenvalue weighted by Gasteiger charge is 2.34. The van der Waals surface area contributed by atoms with E-state index in [2.05, 4.69) is 14.7 Å². The zero-order valence-electron chi connectivity index (χ0n) is 17.3. The van der Waals surface area contributed by atoms with Crippen molar-refractivity contribution in [1.82, 2.24) is 14.7 Å². The number of benzene rings is 1. The molecule has 1 aromatic rings. The summed E-state index contributed by atoms with van der Waals surface area (Å²) in [5.41, 5.74) is 1.51. The molecule has 1 amide bonds. The smallest absolute Gasteiger partial charge is 0.335 e. The number of carbonyl (C=O) groups is 2. The summed E-state index contributed by atoms with van der Waals surface area (Å²) in [7, 11) is 0. The van der Waals surface area contributed by atoms with Crippen molar-refractivity contribution >= 4 is 11.9 Å². The molecule has 0 aromatic heterocycles. The molecular weight excluding hydrogens is 366 g/mol. The summed E-state index contributed by atoms with van der Waals surface area (Å²) < 4.78 is 0. The lowest BCUT2D eigenvalue weighted by Crippen LogP contribution is -2.51. The molecular formula is C23H33N3O3. The van der Waals surface area contributed by atoms with Gasteiger partial charge < -0.3 is 10.0 Å².